The van der Waals surface area contributed by atoms with Gasteiger partial charge in [-0.2, -0.15) is 0 Å². The van der Waals surface area contributed by atoms with Crippen LogP contribution in [0.4, 0.5) is 10.5 Å². The summed E-state index contributed by atoms with van der Waals surface area (Å²) >= 11 is 5.67. The minimum atomic E-state index is -0.880. The highest BCUT2D eigenvalue weighted by Crippen LogP contribution is 2.23. The third-order valence-electron chi connectivity index (χ3n) is 1.71. The van der Waals surface area contributed by atoms with E-state index in [4.69, 9.17) is 17.4 Å². The van der Waals surface area contributed by atoms with Crippen molar-refractivity contribution in [3.8, 4) is 0 Å². The van der Waals surface area contributed by atoms with Crippen LogP contribution in [0.3, 0.4) is 0 Å². The fraction of sp³-hybridized carbons (Fsp3) is 0.125. The van der Waals surface area contributed by atoms with E-state index in [9.17, 15) is 14.9 Å². The summed E-state index contributed by atoms with van der Waals surface area (Å²) in [6, 6.07) is 3.97. The zero-order valence-electron chi connectivity index (χ0n) is 7.97. The minimum Gasteiger partial charge on any atom is -0.443 e. The van der Waals surface area contributed by atoms with Crippen LogP contribution in [-0.2, 0) is 11.3 Å². The van der Waals surface area contributed by atoms with Crippen LogP contribution in [0, 0.1) is 10.1 Å². The lowest BCUT2D eigenvalue weighted by atomic mass is 10.2. The lowest BCUT2D eigenvalue weighted by Gasteiger charge is -2.04. The Balaban J connectivity index is 2.88. The molecule has 8 heteroatoms. The first-order valence-electron chi connectivity index (χ1n) is 4.10. The zero-order valence-corrected chi connectivity index (χ0v) is 8.73. The van der Waals surface area contributed by atoms with Crippen LogP contribution in [0.5, 0.6) is 0 Å². The molecule has 3 N–H and O–H groups in total. The van der Waals surface area contributed by atoms with Gasteiger partial charge in [0.05, 0.1) is 10.5 Å². The van der Waals surface area contributed by atoms with Crippen molar-refractivity contribution in [1.29, 1.82) is 0 Å². The van der Waals surface area contributed by atoms with Gasteiger partial charge in [0.15, 0.2) is 0 Å². The third kappa shape index (κ3) is 3.07. The average Bonchev–Trinajstić information content (AvgIpc) is 2.25. The molecule has 0 aliphatic heterocycles. The quantitative estimate of drug-likeness (QED) is 0.362. The summed E-state index contributed by atoms with van der Waals surface area (Å²) in [5.74, 6) is 4.78. The van der Waals surface area contributed by atoms with E-state index in [1.165, 1.54) is 18.2 Å². The number of nitro groups is 1. The predicted molar refractivity (Wildman–Crippen MR) is 55.6 cm³/mol. The maximum atomic E-state index is 10.7. The van der Waals surface area contributed by atoms with E-state index < -0.39 is 11.0 Å². The summed E-state index contributed by atoms with van der Waals surface area (Å²) < 4.78 is 4.58. The molecule has 0 atom stereocenters. The van der Waals surface area contributed by atoms with E-state index in [0.29, 0.717) is 5.02 Å². The zero-order chi connectivity index (χ0) is 12.1. The molecule has 1 aromatic carbocycles. The van der Waals surface area contributed by atoms with Gasteiger partial charge in [0.25, 0.3) is 5.69 Å². The van der Waals surface area contributed by atoms with Crippen molar-refractivity contribution in [3.63, 3.8) is 0 Å². The number of amides is 1. The number of nitrogens with two attached hydrogens (primary N) is 1. The number of nitro benzene ring substituents is 1. The summed E-state index contributed by atoms with van der Waals surface area (Å²) in [6.07, 6.45) is -0.880. The number of hydrogen-bond acceptors (Lipinski definition) is 5. The van der Waals surface area contributed by atoms with Gasteiger partial charge in [-0.3, -0.25) is 15.5 Å². The maximum Gasteiger partial charge on any atom is 0.421 e. The van der Waals surface area contributed by atoms with Crippen LogP contribution >= 0.6 is 11.6 Å². The Bertz CT molecular complexity index is 424. The van der Waals surface area contributed by atoms with Gasteiger partial charge >= 0.3 is 6.09 Å². The molecule has 0 saturated carbocycles. The first-order valence-corrected chi connectivity index (χ1v) is 4.48. The van der Waals surface area contributed by atoms with Gasteiger partial charge < -0.3 is 4.74 Å². The Morgan fingerprint density at radius 1 is 1.62 bits per heavy atom. The largest absolute Gasteiger partial charge is 0.443 e. The standard InChI is InChI=1S/C8H8ClN3O4/c9-6-1-2-7(12(14)15)5(3-6)4-16-8(13)11-10/h1-3H,4,10H2,(H,11,13). The van der Waals surface area contributed by atoms with Gasteiger partial charge in [-0.15, -0.1) is 0 Å². The molecular formula is C8H8ClN3O4. The molecule has 0 saturated heterocycles. The average molecular weight is 246 g/mol. The van der Waals surface area contributed by atoms with E-state index >= 15 is 0 Å². The van der Waals surface area contributed by atoms with Gasteiger partial charge in [0.1, 0.15) is 6.61 Å². The number of carbonyl (C=O) groups is 1. The highest BCUT2D eigenvalue weighted by atomic mass is 35.5. The fourth-order valence-electron chi connectivity index (χ4n) is 1.03. The summed E-state index contributed by atoms with van der Waals surface area (Å²) in [5, 5.41) is 10.9. The number of nitrogens with zero attached hydrogens (tertiary/aromatic N) is 1. The smallest absolute Gasteiger partial charge is 0.421 e. The number of benzene rings is 1. The van der Waals surface area contributed by atoms with Crippen molar-refractivity contribution in [2.75, 3.05) is 0 Å². The van der Waals surface area contributed by atoms with Crippen molar-refractivity contribution in [3.05, 3.63) is 38.9 Å². The van der Waals surface area contributed by atoms with E-state index in [1.54, 1.807) is 5.43 Å². The Morgan fingerprint density at radius 3 is 2.88 bits per heavy atom. The van der Waals surface area contributed by atoms with Crippen LogP contribution in [0.15, 0.2) is 18.2 Å². The number of ether oxygens (including phenoxy) is 1. The number of nitrogens with one attached hydrogen (secondary N) is 1. The number of rotatable bonds is 3. The molecule has 1 rings (SSSR count). The topological polar surface area (TPSA) is 107 Å². The van der Waals surface area contributed by atoms with Crippen LogP contribution in [-0.4, -0.2) is 11.0 Å². The molecule has 0 spiro atoms. The molecular weight excluding hydrogens is 238 g/mol. The summed E-state index contributed by atoms with van der Waals surface area (Å²) in [7, 11) is 0. The van der Waals surface area contributed by atoms with Crippen molar-refractivity contribution >= 4 is 23.4 Å². The van der Waals surface area contributed by atoms with Crippen molar-refractivity contribution in [2.45, 2.75) is 6.61 Å². The Kier molecular flexibility index (Phi) is 4.03. The van der Waals surface area contributed by atoms with Gasteiger partial charge in [0.2, 0.25) is 0 Å². The van der Waals surface area contributed by atoms with Crippen LogP contribution in [0.1, 0.15) is 5.56 Å². The lowest BCUT2D eigenvalue weighted by molar-refractivity contribution is -0.385. The molecule has 0 unspecified atom stereocenters. The second kappa shape index (κ2) is 5.29. The molecule has 1 amide bonds. The van der Waals surface area contributed by atoms with E-state index in [0.717, 1.165) is 0 Å². The third-order valence-corrected chi connectivity index (χ3v) is 1.95. The highest BCUT2D eigenvalue weighted by molar-refractivity contribution is 6.30. The molecule has 0 bridgehead atoms. The summed E-state index contributed by atoms with van der Waals surface area (Å²) in [4.78, 5) is 20.7. The van der Waals surface area contributed by atoms with Crippen LogP contribution < -0.4 is 11.3 Å². The monoisotopic (exact) mass is 245 g/mol. The number of halogens is 1. The van der Waals surface area contributed by atoms with Crippen molar-refractivity contribution in [2.24, 2.45) is 5.84 Å². The van der Waals surface area contributed by atoms with Gasteiger partial charge in [-0.1, -0.05) is 11.6 Å². The summed E-state index contributed by atoms with van der Waals surface area (Å²) in [6.45, 7) is -0.278. The first kappa shape index (κ1) is 12.2. The number of hydrogen-bond donors (Lipinski definition) is 2. The highest BCUT2D eigenvalue weighted by Gasteiger charge is 2.15. The van der Waals surface area contributed by atoms with E-state index in [1.807, 2.05) is 0 Å². The molecule has 0 aliphatic carbocycles. The second-order valence-corrected chi connectivity index (χ2v) is 3.19. The molecule has 16 heavy (non-hydrogen) atoms. The Hall–Kier alpha value is -1.86. The van der Waals surface area contributed by atoms with Crippen LogP contribution in [0.2, 0.25) is 5.02 Å². The number of carbonyl (C=O) groups excluding carboxylic acids is 1. The molecule has 1 aromatic rings. The van der Waals surface area contributed by atoms with E-state index in [-0.39, 0.29) is 17.9 Å². The Morgan fingerprint density at radius 2 is 2.31 bits per heavy atom. The van der Waals surface area contributed by atoms with Crippen molar-refractivity contribution < 1.29 is 14.5 Å². The molecule has 0 heterocycles. The predicted octanol–water partition coefficient (Wildman–Crippen LogP) is 1.35. The molecule has 0 radical (unpaired) electrons. The molecule has 7 nitrogen and oxygen atoms in total. The minimum absolute atomic E-state index is 0.172. The van der Waals surface area contributed by atoms with Gasteiger partial charge in [0, 0.05) is 11.1 Å². The lowest BCUT2D eigenvalue weighted by Crippen LogP contribution is -2.30. The normalized spacial score (nSPS) is 9.62. The molecule has 0 aromatic heterocycles. The number of hydrazine groups is 1. The molecule has 0 fully saturated rings. The van der Waals surface area contributed by atoms with Gasteiger partial charge in [-0.05, 0) is 12.1 Å². The Labute approximate surface area is 95.3 Å². The first-order chi connectivity index (χ1) is 7.54. The van der Waals surface area contributed by atoms with Gasteiger partial charge in [-0.25, -0.2) is 10.6 Å². The van der Waals surface area contributed by atoms with E-state index in [2.05, 4.69) is 4.74 Å². The SMILES string of the molecule is NNC(=O)OCc1cc(Cl)ccc1[N+](=O)[O-]. The van der Waals surface area contributed by atoms with Crippen LogP contribution in [0.25, 0.3) is 0 Å². The summed E-state index contributed by atoms with van der Waals surface area (Å²) in [5.41, 5.74) is 1.76. The molecule has 86 valence electrons. The van der Waals surface area contributed by atoms with Crippen molar-refractivity contribution in [1.82, 2.24) is 5.43 Å². The fourth-order valence-corrected chi connectivity index (χ4v) is 1.23. The molecule has 0 aliphatic rings. The second-order valence-electron chi connectivity index (χ2n) is 2.75. The maximum absolute atomic E-state index is 10.7.